The van der Waals surface area contributed by atoms with Crippen LogP contribution in [0.4, 0.5) is 11.5 Å². The quantitative estimate of drug-likeness (QED) is 0.893. The third-order valence-corrected chi connectivity index (χ3v) is 6.07. The topological polar surface area (TPSA) is 56.7 Å². The lowest BCUT2D eigenvalue weighted by Crippen LogP contribution is -2.35. The van der Waals surface area contributed by atoms with Crippen molar-refractivity contribution in [2.75, 3.05) is 25.0 Å². The van der Waals surface area contributed by atoms with Crippen LogP contribution in [0.1, 0.15) is 24.8 Å². The molecule has 0 radical (unpaired) electrons. The summed E-state index contributed by atoms with van der Waals surface area (Å²) in [7, 11) is 2.01. The Morgan fingerprint density at radius 1 is 1.31 bits per heavy atom. The number of likely N-dealkylation sites (tertiary alicyclic amines) is 1. The van der Waals surface area contributed by atoms with Crippen molar-refractivity contribution in [2.45, 2.75) is 25.8 Å². The number of carboxylic acids is 1. The van der Waals surface area contributed by atoms with Crippen LogP contribution in [0.15, 0.2) is 48.7 Å². The summed E-state index contributed by atoms with van der Waals surface area (Å²) in [6.45, 7) is 2.32. The molecule has 0 spiro atoms. The second-order valence-electron chi connectivity index (χ2n) is 7.64. The largest absolute Gasteiger partial charge is 0.481 e. The van der Waals surface area contributed by atoms with Crippen LogP contribution in [0.5, 0.6) is 0 Å². The lowest BCUT2D eigenvalue weighted by molar-refractivity contribution is -0.149. The normalized spacial score (nSPS) is 25.2. The Bertz CT molecular complexity index is 778. The SMILES string of the molecule is CN(c1ccccc1)c1ccc(CN2C[C@@H]3CCC[C@@]3(C(=O)O)C2)cn1. The molecule has 1 saturated carbocycles. The molecule has 1 N–H and O–H groups in total. The lowest BCUT2D eigenvalue weighted by atomic mass is 9.81. The van der Waals surface area contributed by atoms with Crippen LogP contribution in [0.3, 0.4) is 0 Å². The number of anilines is 2. The van der Waals surface area contributed by atoms with Gasteiger partial charge in [0.1, 0.15) is 5.82 Å². The zero-order valence-electron chi connectivity index (χ0n) is 15.1. The van der Waals surface area contributed by atoms with Gasteiger partial charge >= 0.3 is 5.97 Å². The first-order chi connectivity index (χ1) is 12.6. The third kappa shape index (κ3) is 2.97. The summed E-state index contributed by atoms with van der Waals surface area (Å²) in [5, 5.41) is 9.72. The predicted molar refractivity (Wildman–Crippen MR) is 101 cm³/mol. The molecule has 0 bridgehead atoms. The van der Waals surface area contributed by atoms with E-state index in [9.17, 15) is 9.90 Å². The van der Waals surface area contributed by atoms with E-state index < -0.39 is 11.4 Å². The van der Waals surface area contributed by atoms with Gasteiger partial charge in [-0.1, -0.05) is 30.7 Å². The van der Waals surface area contributed by atoms with E-state index in [1.807, 2.05) is 37.5 Å². The van der Waals surface area contributed by atoms with Crippen molar-refractivity contribution in [3.8, 4) is 0 Å². The Kier molecular flexibility index (Phi) is 4.41. The molecule has 1 aromatic carbocycles. The van der Waals surface area contributed by atoms with Gasteiger partial charge in [0.15, 0.2) is 0 Å². The molecule has 1 aliphatic heterocycles. The Hall–Kier alpha value is -2.40. The number of benzene rings is 1. The number of fused-ring (bicyclic) bond motifs is 1. The molecule has 2 atom stereocenters. The summed E-state index contributed by atoms with van der Waals surface area (Å²) in [4.78, 5) is 20.8. The second kappa shape index (κ2) is 6.72. The monoisotopic (exact) mass is 351 g/mol. The number of hydrogen-bond donors (Lipinski definition) is 1. The molecule has 2 aromatic rings. The minimum Gasteiger partial charge on any atom is -0.481 e. The van der Waals surface area contributed by atoms with Crippen LogP contribution in [0, 0.1) is 11.3 Å². The molecular formula is C21H25N3O2. The number of para-hydroxylation sites is 1. The minimum absolute atomic E-state index is 0.302. The number of aromatic nitrogens is 1. The van der Waals surface area contributed by atoms with Crippen LogP contribution in [0.25, 0.3) is 0 Å². The van der Waals surface area contributed by atoms with Crippen molar-refractivity contribution in [3.63, 3.8) is 0 Å². The molecule has 4 rings (SSSR count). The van der Waals surface area contributed by atoms with Crippen molar-refractivity contribution >= 4 is 17.5 Å². The van der Waals surface area contributed by atoms with Crippen molar-refractivity contribution < 1.29 is 9.90 Å². The number of hydrogen-bond acceptors (Lipinski definition) is 4. The molecule has 2 aliphatic rings. The van der Waals surface area contributed by atoms with Gasteiger partial charge in [0.2, 0.25) is 0 Å². The van der Waals surface area contributed by atoms with E-state index in [0.29, 0.717) is 12.5 Å². The van der Waals surface area contributed by atoms with Gasteiger partial charge in [0, 0.05) is 38.6 Å². The molecule has 1 aromatic heterocycles. The van der Waals surface area contributed by atoms with E-state index >= 15 is 0 Å². The van der Waals surface area contributed by atoms with E-state index in [1.54, 1.807) is 0 Å². The first kappa shape index (κ1) is 17.0. The summed E-state index contributed by atoms with van der Waals surface area (Å²) < 4.78 is 0. The molecule has 0 unspecified atom stereocenters. The van der Waals surface area contributed by atoms with Gasteiger partial charge in [-0.3, -0.25) is 9.69 Å². The Morgan fingerprint density at radius 2 is 2.12 bits per heavy atom. The number of nitrogens with zero attached hydrogens (tertiary/aromatic N) is 3. The van der Waals surface area contributed by atoms with E-state index in [4.69, 9.17) is 0 Å². The average molecular weight is 351 g/mol. The van der Waals surface area contributed by atoms with Crippen LogP contribution in [0.2, 0.25) is 0 Å². The molecule has 1 aliphatic carbocycles. The van der Waals surface area contributed by atoms with Crippen molar-refractivity contribution in [2.24, 2.45) is 11.3 Å². The molecule has 5 nitrogen and oxygen atoms in total. The van der Waals surface area contributed by atoms with Crippen LogP contribution in [-0.2, 0) is 11.3 Å². The van der Waals surface area contributed by atoms with Crippen LogP contribution in [-0.4, -0.2) is 41.1 Å². The van der Waals surface area contributed by atoms with E-state index in [2.05, 4.69) is 33.0 Å². The predicted octanol–water partition coefficient (Wildman–Crippen LogP) is 3.54. The molecule has 5 heteroatoms. The van der Waals surface area contributed by atoms with Crippen LogP contribution >= 0.6 is 0 Å². The highest BCUT2D eigenvalue weighted by molar-refractivity contribution is 5.76. The minimum atomic E-state index is -0.611. The van der Waals surface area contributed by atoms with Crippen molar-refractivity contribution in [3.05, 3.63) is 54.2 Å². The molecule has 136 valence electrons. The number of rotatable bonds is 5. The number of carboxylic acid groups (broad SMARTS) is 1. The highest BCUT2D eigenvalue weighted by Crippen LogP contribution is 2.49. The smallest absolute Gasteiger partial charge is 0.311 e. The fourth-order valence-electron chi connectivity index (χ4n) is 4.61. The van der Waals surface area contributed by atoms with Crippen molar-refractivity contribution in [1.29, 1.82) is 0 Å². The summed E-state index contributed by atoms with van der Waals surface area (Å²) in [6.07, 6.45) is 4.83. The standard InChI is InChI=1S/C21H25N3O2/c1-23(18-7-3-2-4-8-18)19-10-9-16(12-22-19)13-24-14-17-6-5-11-21(17,15-24)20(25)26/h2-4,7-10,12,17H,5-6,11,13-15H2,1H3,(H,25,26)/t17-,21+/m0/s1. The first-order valence-electron chi connectivity index (χ1n) is 9.28. The number of aliphatic carboxylic acids is 1. The van der Waals surface area contributed by atoms with Crippen LogP contribution < -0.4 is 4.90 Å². The Morgan fingerprint density at radius 3 is 2.77 bits per heavy atom. The molecule has 0 amide bonds. The first-order valence-corrected chi connectivity index (χ1v) is 9.28. The maximum Gasteiger partial charge on any atom is 0.311 e. The van der Waals surface area contributed by atoms with Gasteiger partial charge < -0.3 is 10.0 Å². The third-order valence-electron chi connectivity index (χ3n) is 6.07. The zero-order valence-corrected chi connectivity index (χ0v) is 15.1. The molecule has 2 fully saturated rings. The summed E-state index contributed by atoms with van der Waals surface area (Å²) in [5.41, 5.74) is 1.72. The van der Waals surface area contributed by atoms with Gasteiger partial charge in [-0.2, -0.15) is 0 Å². The highest BCUT2D eigenvalue weighted by Gasteiger charge is 2.54. The summed E-state index contributed by atoms with van der Waals surface area (Å²) in [6, 6.07) is 14.3. The highest BCUT2D eigenvalue weighted by atomic mass is 16.4. The zero-order chi connectivity index (χ0) is 18.1. The summed E-state index contributed by atoms with van der Waals surface area (Å²) in [5.74, 6) is 0.595. The Balaban J connectivity index is 1.43. The molecule has 1 saturated heterocycles. The lowest BCUT2D eigenvalue weighted by Gasteiger charge is -2.23. The van der Waals surface area contributed by atoms with Crippen molar-refractivity contribution in [1.82, 2.24) is 9.88 Å². The number of carbonyl (C=O) groups is 1. The van der Waals surface area contributed by atoms with Gasteiger partial charge in [0.25, 0.3) is 0 Å². The maximum absolute atomic E-state index is 11.8. The Labute approximate surface area is 154 Å². The van der Waals surface area contributed by atoms with E-state index in [0.717, 1.165) is 49.4 Å². The van der Waals surface area contributed by atoms with E-state index in [-0.39, 0.29) is 0 Å². The maximum atomic E-state index is 11.8. The molecule has 2 heterocycles. The number of pyridine rings is 1. The average Bonchev–Trinajstić information content (AvgIpc) is 3.20. The van der Waals surface area contributed by atoms with Gasteiger partial charge in [-0.15, -0.1) is 0 Å². The van der Waals surface area contributed by atoms with Gasteiger partial charge in [-0.25, -0.2) is 4.98 Å². The second-order valence-corrected chi connectivity index (χ2v) is 7.64. The van der Waals surface area contributed by atoms with Gasteiger partial charge in [0.05, 0.1) is 5.41 Å². The van der Waals surface area contributed by atoms with E-state index in [1.165, 1.54) is 0 Å². The fraction of sp³-hybridized carbons (Fsp3) is 0.429. The van der Waals surface area contributed by atoms with Gasteiger partial charge in [-0.05, 0) is 42.5 Å². The molecular weight excluding hydrogens is 326 g/mol. The summed E-state index contributed by atoms with van der Waals surface area (Å²) >= 11 is 0. The fourth-order valence-corrected chi connectivity index (χ4v) is 4.61. The molecule has 26 heavy (non-hydrogen) atoms.